The Kier molecular flexibility index (Phi) is 6.10. The van der Waals surface area contributed by atoms with Crippen LogP contribution in [0.2, 0.25) is 10.0 Å². The highest BCUT2D eigenvalue weighted by Gasteiger charge is 2.44. The Balaban J connectivity index is 1.81. The zero-order valence-corrected chi connectivity index (χ0v) is 16.4. The van der Waals surface area contributed by atoms with Crippen molar-refractivity contribution in [2.75, 3.05) is 11.9 Å². The Morgan fingerprint density at radius 1 is 1.12 bits per heavy atom. The molecule has 1 saturated carbocycles. The summed E-state index contributed by atoms with van der Waals surface area (Å²) in [6.07, 6.45) is 4.56. The van der Waals surface area contributed by atoms with E-state index in [9.17, 15) is 4.79 Å². The second-order valence-corrected chi connectivity index (χ2v) is 7.58. The van der Waals surface area contributed by atoms with Crippen LogP contribution in [-0.2, 0) is 10.2 Å². The molecule has 0 unspecified atom stereocenters. The number of carbonyl (C=O) groups excluding carboxylic acids is 1. The number of hydrogen-bond acceptors (Lipinski definition) is 2. The standard InChI is InChI=1S/C21H23Cl2NO2/c1-2-13-26-17-8-6-16(7-9-17)24-20(25)21(11-3-4-12-21)18-10-5-15(22)14-19(18)23/h5-10,14H,2-4,11-13H2,1H3,(H,24,25). The summed E-state index contributed by atoms with van der Waals surface area (Å²) < 4.78 is 5.59. The van der Waals surface area contributed by atoms with Gasteiger partial charge in [-0.05, 0) is 61.2 Å². The highest BCUT2D eigenvalue weighted by atomic mass is 35.5. The number of benzene rings is 2. The van der Waals surface area contributed by atoms with Crippen LogP contribution in [0.25, 0.3) is 0 Å². The van der Waals surface area contributed by atoms with Crippen molar-refractivity contribution >= 4 is 34.8 Å². The van der Waals surface area contributed by atoms with Crippen LogP contribution in [0.3, 0.4) is 0 Å². The first-order chi connectivity index (χ1) is 12.5. The second kappa shape index (κ2) is 8.32. The van der Waals surface area contributed by atoms with Gasteiger partial charge in [-0.25, -0.2) is 0 Å². The zero-order chi connectivity index (χ0) is 18.6. The first-order valence-corrected chi connectivity index (χ1v) is 9.80. The predicted molar refractivity (Wildman–Crippen MR) is 107 cm³/mol. The Morgan fingerprint density at radius 3 is 2.42 bits per heavy atom. The molecular formula is C21H23Cl2NO2. The molecule has 2 aromatic carbocycles. The third kappa shape index (κ3) is 3.99. The van der Waals surface area contributed by atoms with Gasteiger partial charge >= 0.3 is 0 Å². The molecule has 2 aromatic rings. The molecular weight excluding hydrogens is 369 g/mol. The first-order valence-electron chi connectivity index (χ1n) is 9.05. The van der Waals surface area contributed by atoms with Crippen molar-refractivity contribution in [1.82, 2.24) is 0 Å². The summed E-state index contributed by atoms with van der Waals surface area (Å²) >= 11 is 12.5. The quantitative estimate of drug-likeness (QED) is 0.633. The van der Waals surface area contributed by atoms with E-state index in [1.165, 1.54) is 0 Å². The van der Waals surface area contributed by atoms with Crippen molar-refractivity contribution in [3.8, 4) is 5.75 Å². The lowest BCUT2D eigenvalue weighted by Crippen LogP contribution is -2.38. The largest absolute Gasteiger partial charge is 0.494 e. The van der Waals surface area contributed by atoms with Gasteiger partial charge in [-0.2, -0.15) is 0 Å². The highest BCUT2D eigenvalue weighted by molar-refractivity contribution is 6.35. The lowest BCUT2D eigenvalue weighted by Gasteiger charge is -2.29. The maximum Gasteiger partial charge on any atom is 0.235 e. The van der Waals surface area contributed by atoms with E-state index >= 15 is 0 Å². The average molecular weight is 392 g/mol. The molecule has 1 aliphatic rings. The van der Waals surface area contributed by atoms with Gasteiger partial charge in [0.15, 0.2) is 0 Å². The van der Waals surface area contributed by atoms with Crippen molar-refractivity contribution in [1.29, 1.82) is 0 Å². The molecule has 1 amide bonds. The van der Waals surface area contributed by atoms with E-state index in [2.05, 4.69) is 12.2 Å². The Labute approximate surface area is 164 Å². The number of ether oxygens (including phenoxy) is 1. The summed E-state index contributed by atoms with van der Waals surface area (Å²) in [5.41, 5.74) is 1.02. The number of nitrogens with one attached hydrogen (secondary N) is 1. The number of anilines is 1. The fourth-order valence-electron chi connectivity index (χ4n) is 3.58. The molecule has 138 valence electrons. The maximum absolute atomic E-state index is 13.2. The number of halogens is 2. The van der Waals surface area contributed by atoms with Gasteiger partial charge in [0.1, 0.15) is 5.75 Å². The van der Waals surface area contributed by atoms with Crippen molar-refractivity contribution in [2.24, 2.45) is 0 Å². The van der Waals surface area contributed by atoms with Crippen LogP contribution < -0.4 is 10.1 Å². The summed E-state index contributed by atoms with van der Waals surface area (Å²) in [7, 11) is 0. The van der Waals surface area contributed by atoms with E-state index in [1.54, 1.807) is 12.1 Å². The van der Waals surface area contributed by atoms with Gasteiger partial charge in [-0.15, -0.1) is 0 Å². The lowest BCUT2D eigenvalue weighted by molar-refractivity contribution is -0.121. The molecule has 1 N–H and O–H groups in total. The number of rotatable bonds is 6. The summed E-state index contributed by atoms with van der Waals surface area (Å²) in [5.74, 6) is 0.794. The van der Waals surface area contributed by atoms with E-state index in [1.807, 2.05) is 30.3 Å². The SMILES string of the molecule is CCCOc1ccc(NC(=O)C2(c3ccc(Cl)cc3Cl)CCCC2)cc1. The summed E-state index contributed by atoms with van der Waals surface area (Å²) in [4.78, 5) is 13.2. The molecule has 0 saturated heterocycles. The molecule has 0 aromatic heterocycles. The van der Waals surface area contributed by atoms with Crippen molar-refractivity contribution in [2.45, 2.75) is 44.4 Å². The van der Waals surface area contributed by atoms with E-state index in [0.717, 1.165) is 49.1 Å². The van der Waals surface area contributed by atoms with Gasteiger partial charge in [-0.3, -0.25) is 4.79 Å². The second-order valence-electron chi connectivity index (χ2n) is 6.74. The summed E-state index contributed by atoms with van der Waals surface area (Å²) in [6.45, 7) is 2.75. The Hall–Kier alpha value is -1.71. The van der Waals surface area contributed by atoms with Crippen molar-refractivity contribution in [3.05, 3.63) is 58.1 Å². The molecule has 0 bridgehead atoms. The van der Waals surface area contributed by atoms with Gasteiger partial charge in [0.2, 0.25) is 5.91 Å². The zero-order valence-electron chi connectivity index (χ0n) is 14.9. The molecule has 0 radical (unpaired) electrons. The fourth-order valence-corrected chi connectivity index (χ4v) is 4.17. The average Bonchev–Trinajstić information content (AvgIpc) is 3.12. The normalized spacial score (nSPS) is 15.7. The smallest absolute Gasteiger partial charge is 0.235 e. The van der Waals surface area contributed by atoms with Crippen LogP contribution in [0.15, 0.2) is 42.5 Å². The molecule has 0 spiro atoms. The minimum absolute atomic E-state index is 0.0125. The van der Waals surface area contributed by atoms with Crippen LogP contribution in [0, 0.1) is 0 Å². The van der Waals surface area contributed by atoms with E-state index in [-0.39, 0.29) is 5.91 Å². The molecule has 5 heteroatoms. The van der Waals surface area contributed by atoms with Crippen molar-refractivity contribution in [3.63, 3.8) is 0 Å². The van der Waals surface area contributed by atoms with Gasteiger partial charge in [0.05, 0.1) is 12.0 Å². The first kappa shape index (κ1) is 19.1. The van der Waals surface area contributed by atoms with Gasteiger partial charge in [-0.1, -0.05) is 49.0 Å². The highest BCUT2D eigenvalue weighted by Crippen LogP contribution is 2.45. The molecule has 3 nitrogen and oxygen atoms in total. The predicted octanol–water partition coefficient (Wildman–Crippen LogP) is 6.23. The van der Waals surface area contributed by atoms with Crippen LogP contribution in [0.4, 0.5) is 5.69 Å². The lowest BCUT2D eigenvalue weighted by atomic mass is 9.78. The molecule has 1 aliphatic carbocycles. The third-order valence-corrected chi connectivity index (χ3v) is 5.47. The molecule has 26 heavy (non-hydrogen) atoms. The van der Waals surface area contributed by atoms with Crippen LogP contribution >= 0.6 is 23.2 Å². The number of hydrogen-bond donors (Lipinski definition) is 1. The van der Waals surface area contributed by atoms with Gasteiger partial charge in [0, 0.05) is 15.7 Å². The monoisotopic (exact) mass is 391 g/mol. The Bertz CT molecular complexity index is 768. The Morgan fingerprint density at radius 2 is 1.81 bits per heavy atom. The van der Waals surface area contributed by atoms with E-state index < -0.39 is 5.41 Å². The summed E-state index contributed by atoms with van der Waals surface area (Å²) in [6, 6.07) is 12.9. The summed E-state index contributed by atoms with van der Waals surface area (Å²) in [5, 5.41) is 4.19. The van der Waals surface area contributed by atoms with E-state index in [4.69, 9.17) is 27.9 Å². The van der Waals surface area contributed by atoms with Crippen LogP contribution in [0.1, 0.15) is 44.6 Å². The molecule has 0 atom stereocenters. The van der Waals surface area contributed by atoms with Crippen molar-refractivity contribution < 1.29 is 9.53 Å². The van der Waals surface area contributed by atoms with E-state index in [0.29, 0.717) is 16.7 Å². The third-order valence-electron chi connectivity index (χ3n) is 4.92. The van der Waals surface area contributed by atoms with Gasteiger partial charge in [0.25, 0.3) is 0 Å². The molecule has 3 rings (SSSR count). The minimum atomic E-state index is -0.598. The minimum Gasteiger partial charge on any atom is -0.494 e. The molecule has 0 aliphatic heterocycles. The molecule has 0 heterocycles. The maximum atomic E-state index is 13.2. The van der Waals surface area contributed by atoms with Gasteiger partial charge < -0.3 is 10.1 Å². The van der Waals surface area contributed by atoms with Crippen LogP contribution in [0.5, 0.6) is 5.75 Å². The fraction of sp³-hybridized carbons (Fsp3) is 0.381. The topological polar surface area (TPSA) is 38.3 Å². The number of carbonyl (C=O) groups is 1. The number of amides is 1. The van der Waals surface area contributed by atoms with Crippen LogP contribution in [-0.4, -0.2) is 12.5 Å². The molecule has 1 fully saturated rings.